The van der Waals surface area contributed by atoms with Gasteiger partial charge in [0.25, 0.3) is 0 Å². The fourth-order valence-corrected chi connectivity index (χ4v) is 4.06. The molecule has 3 atom stereocenters. The Balaban J connectivity index is 1.81. The Morgan fingerprint density at radius 3 is 2.96 bits per heavy atom. The molecule has 2 aliphatic rings. The van der Waals surface area contributed by atoms with Gasteiger partial charge in [-0.1, -0.05) is 6.07 Å². The fraction of sp³-hybridized carbons (Fsp3) is 0.650. The molecule has 0 aliphatic carbocycles. The number of nitrogens with zero attached hydrogens (tertiary/aromatic N) is 2. The zero-order valence-electron chi connectivity index (χ0n) is 16.4. The molecular formula is C20H30FN3O3. The molecule has 6 nitrogen and oxygen atoms in total. The molecular weight excluding hydrogens is 349 g/mol. The third kappa shape index (κ3) is 4.16. The van der Waals surface area contributed by atoms with Crippen LogP contribution in [0.25, 0.3) is 0 Å². The van der Waals surface area contributed by atoms with Crippen molar-refractivity contribution >= 4 is 5.91 Å². The van der Waals surface area contributed by atoms with Gasteiger partial charge in [0.15, 0.2) is 0 Å². The van der Waals surface area contributed by atoms with Crippen molar-refractivity contribution in [3.63, 3.8) is 0 Å². The van der Waals surface area contributed by atoms with E-state index < -0.39 is 5.54 Å². The number of aliphatic hydroxyl groups excluding tert-OH is 1. The second-order valence-corrected chi connectivity index (χ2v) is 7.86. The summed E-state index contributed by atoms with van der Waals surface area (Å²) < 4.78 is 19.5. The standard InChI is InChI=1S/C20H30FN3O3/c1-14-10-27-13-20(12-25,23(14)3)11-22-19-6-7-24(15(2)26)9-16-8-17(21)4-5-18(16)19/h4-5,8,14,19,22,25H,6-7,9-13H2,1-3H3/t14-,19?,20+/m1/s1. The van der Waals surface area contributed by atoms with Gasteiger partial charge in [-0.05, 0) is 43.7 Å². The zero-order valence-corrected chi connectivity index (χ0v) is 16.4. The van der Waals surface area contributed by atoms with Crippen molar-refractivity contribution in [3.8, 4) is 0 Å². The lowest BCUT2D eigenvalue weighted by Crippen LogP contribution is -2.65. The van der Waals surface area contributed by atoms with E-state index in [9.17, 15) is 14.3 Å². The SMILES string of the molecule is CC(=O)N1CCC(NC[C@]2(CO)COC[C@@H](C)N2C)c2ccc(F)cc2C1. The highest BCUT2D eigenvalue weighted by Gasteiger charge is 2.41. The summed E-state index contributed by atoms with van der Waals surface area (Å²) in [7, 11) is 2.01. The molecule has 150 valence electrons. The summed E-state index contributed by atoms with van der Waals surface area (Å²) in [5, 5.41) is 13.7. The summed E-state index contributed by atoms with van der Waals surface area (Å²) in [4.78, 5) is 15.8. The minimum Gasteiger partial charge on any atom is -0.394 e. The van der Waals surface area contributed by atoms with E-state index in [0.717, 1.165) is 17.5 Å². The predicted octanol–water partition coefficient (Wildman–Crippen LogP) is 1.29. The molecule has 0 spiro atoms. The summed E-state index contributed by atoms with van der Waals surface area (Å²) in [5.41, 5.74) is 1.35. The van der Waals surface area contributed by atoms with Gasteiger partial charge >= 0.3 is 0 Å². The number of fused-ring (bicyclic) bond motifs is 1. The summed E-state index contributed by atoms with van der Waals surface area (Å²) in [6.45, 7) is 6.30. The van der Waals surface area contributed by atoms with Crippen LogP contribution in [0.15, 0.2) is 18.2 Å². The highest BCUT2D eigenvalue weighted by atomic mass is 19.1. The van der Waals surface area contributed by atoms with Crippen molar-refractivity contribution in [2.75, 3.05) is 40.0 Å². The van der Waals surface area contributed by atoms with Crippen molar-refractivity contribution in [2.45, 2.75) is 44.4 Å². The van der Waals surface area contributed by atoms with Gasteiger partial charge < -0.3 is 20.1 Å². The molecule has 2 aliphatic heterocycles. The molecule has 0 bridgehead atoms. The minimum absolute atomic E-state index is 0.00747. The van der Waals surface area contributed by atoms with E-state index in [2.05, 4.69) is 17.1 Å². The number of ether oxygens (including phenoxy) is 1. The average molecular weight is 379 g/mol. The molecule has 0 radical (unpaired) electrons. The van der Waals surface area contributed by atoms with Crippen LogP contribution >= 0.6 is 0 Å². The van der Waals surface area contributed by atoms with Crippen LogP contribution in [-0.4, -0.2) is 72.4 Å². The Morgan fingerprint density at radius 1 is 1.48 bits per heavy atom. The highest BCUT2D eigenvalue weighted by molar-refractivity contribution is 5.73. The van der Waals surface area contributed by atoms with Crippen LogP contribution in [0.3, 0.4) is 0 Å². The van der Waals surface area contributed by atoms with Crippen LogP contribution in [0.1, 0.15) is 37.4 Å². The Morgan fingerprint density at radius 2 is 2.26 bits per heavy atom. The van der Waals surface area contributed by atoms with E-state index in [4.69, 9.17) is 4.74 Å². The number of halogens is 1. The van der Waals surface area contributed by atoms with E-state index in [1.165, 1.54) is 12.1 Å². The number of carbonyl (C=O) groups is 1. The monoisotopic (exact) mass is 379 g/mol. The second kappa shape index (κ2) is 8.22. The molecule has 7 heteroatoms. The predicted molar refractivity (Wildman–Crippen MR) is 101 cm³/mol. The van der Waals surface area contributed by atoms with Gasteiger partial charge in [0, 0.05) is 38.6 Å². The number of benzene rings is 1. The molecule has 1 aromatic carbocycles. The van der Waals surface area contributed by atoms with Gasteiger partial charge in [-0.3, -0.25) is 9.69 Å². The maximum absolute atomic E-state index is 13.8. The number of amides is 1. The molecule has 1 unspecified atom stereocenters. The van der Waals surface area contributed by atoms with Gasteiger partial charge in [-0.25, -0.2) is 4.39 Å². The van der Waals surface area contributed by atoms with Crippen LogP contribution in [-0.2, 0) is 16.1 Å². The molecule has 27 heavy (non-hydrogen) atoms. The maximum atomic E-state index is 13.8. The smallest absolute Gasteiger partial charge is 0.219 e. The lowest BCUT2D eigenvalue weighted by molar-refractivity contribution is -0.129. The number of likely N-dealkylation sites (N-methyl/N-ethyl adjacent to an activating group) is 1. The van der Waals surface area contributed by atoms with Crippen molar-refractivity contribution < 1.29 is 19.0 Å². The van der Waals surface area contributed by atoms with Crippen LogP contribution in [0.2, 0.25) is 0 Å². The summed E-state index contributed by atoms with van der Waals surface area (Å²) in [6.07, 6.45) is 0.736. The Hall–Kier alpha value is -1.54. The van der Waals surface area contributed by atoms with Gasteiger partial charge in [-0.2, -0.15) is 0 Å². The first-order chi connectivity index (χ1) is 12.9. The lowest BCUT2D eigenvalue weighted by Gasteiger charge is -2.48. The van der Waals surface area contributed by atoms with Crippen LogP contribution in [0, 0.1) is 5.82 Å². The largest absolute Gasteiger partial charge is 0.394 e. The quantitative estimate of drug-likeness (QED) is 0.825. The molecule has 1 fully saturated rings. The Labute approximate surface area is 160 Å². The Kier molecular flexibility index (Phi) is 6.15. The topological polar surface area (TPSA) is 65.0 Å². The van der Waals surface area contributed by atoms with E-state index in [1.54, 1.807) is 17.9 Å². The maximum Gasteiger partial charge on any atom is 0.219 e. The molecule has 1 saturated heterocycles. The number of morpholine rings is 1. The van der Waals surface area contributed by atoms with Crippen molar-refractivity contribution in [2.24, 2.45) is 0 Å². The third-order valence-electron chi connectivity index (χ3n) is 6.09. The number of hydrogen-bond acceptors (Lipinski definition) is 5. The Bertz CT molecular complexity index is 686. The molecule has 1 amide bonds. The zero-order chi connectivity index (χ0) is 19.6. The number of nitrogens with one attached hydrogen (secondary N) is 1. The van der Waals surface area contributed by atoms with E-state index >= 15 is 0 Å². The van der Waals surface area contributed by atoms with Crippen molar-refractivity contribution in [1.82, 2.24) is 15.1 Å². The summed E-state index contributed by atoms with van der Waals surface area (Å²) >= 11 is 0. The molecule has 0 saturated carbocycles. The van der Waals surface area contributed by atoms with E-state index in [1.807, 2.05) is 7.05 Å². The fourth-order valence-electron chi connectivity index (χ4n) is 4.06. The van der Waals surface area contributed by atoms with E-state index in [-0.39, 0.29) is 30.4 Å². The molecule has 3 rings (SSSR count). The van der Waals surface area contributed by atoms with Gasteiger partial charge in [0.2, 0.25) is 5.91 Å². The number of aliphatic hydroxyl groups is 1. The second-order valence-electron chi connectivity index (χ2n) is 7.86. The van der Waals surface area contributed by atoms with Crippen LogP contribution in [0.4, 0.5) is 4.39 Å². The number of rotatable bonds is 4. The van der Waals surface area contributed by atoms with Crippen molar-refractivity contribution in [1.29, 1.82) is 0 Å². The van der Waals surface area contributed by atoms with Gasteiger partial charge in [0.1, 0.15) is 5.82 Å². The highest BCUT2D eigenvalue weighted by Crippen LogP contribution is 2.29. The van der Waals surface area contributed by atoms with Gasteiger partial charge in [-0.15, -0.1) is 0 Å². The first-order valence-corrected chi connectivity index (χ1v) is 9.55. The van der Waals surface area contributed by atoms with Crippen molar-refractivity contribution in [3.05, 3.63) is 35.1 Å². The molecule has 2 heterocycles. The first-order valence-electron chi connectivity index (χ1n) is 9.55. The average Bonchev–Trinajstić information content (AvgIpc) is 2.82. The molecule has 2 N–H and O–H groups in total. The minimum atomic E-state index is -0.496. The normalized spacial score (nSPS) is 29.3. The molecule has 1 aromatic rings. The first kappa shape index (κ1) is 20.2. The summed E-state index contributed by atoms with van der Waals surface area (Å²) in [6, 6.07) is 5.00. The van der Waals surface area contributed by atoms with Crippen LogP contribution < -0.4 is 5.32 Å². The summed E-state index contributed by atoms with van der Waals surface area (Å²) in [5.74, 6) is -0.300. The molecule has 0 aromatic heterocycles. The number of hydrogen-bond donors (Lipinski definition) is 2. The van der Waals surface area contributed by atoms with E-state index in [0.29, 0.717) is 32.8 Å². The lowest BCUT2D eigenvalue weighted by atomic mass is 9.93. The third-order valence-corrected chi connectivity index (χ3v) is 6.09. The number of carbonyl (C=O) groups excluding carboxylic acids is 1. The van der Waals surface area contributed by atoms with Crippen LogP contribution in [0.5, 0.6) is 0 Å². The van der Waals surface area contributed by atoms with Gasteiger partial charge in [0.05, 0.1) is 25.4 Å².